The van der Waals surface area contributed by atoms with E-state index >= 15 is 0 Å². The van der Waals surface area contributed by atoms with Gasteiger partial charge in [0, 0.05) is 27.8 Å². The van der Waals surface area contributed by atoms with E-state index in [9.17, 15) is 9.59 Å². The molecule has 1 aliphatic rings. The molecule has 0 atom stereocenters. The second-order valence-electron chi connectivity index (χ2n) is 5.53. The average Bonchev–Trinajstić information content (AvgIpc) is 3.41. The zero-order valence-electron chi connectivity index (χ0n) is 12.8. The van der Waals surface area contributed by atoms with Crippen molar-refractivity contribution >= 4 is 35.0 Å². The first-order valence-corrected chi connectivity index (χ1v) is 8.74. The molecule has 1 aliphatic carbocycles. The zero-order valence-corrected chi connectivity index (χ0v) is 13.7. The molecule has 0 bridgehead atoms. The molecule has 3 rings (SSSR count). The number of thioether (sulfide) groups is 1. The number of carbonyl (C=O) groups is 2. The van der Waals surface area contributed by atoms with Gasteiger partial charge in [0.05, 0.1) is 0 Å². The van der Waals surface area contributed by atoms with Gasteiger partial charge in [-0.3, -0.25) is 9.59 Å². The fourth-order valence-electron chi connectivity index (χ4n) is 2.21. The Morgan fingerprint density at radius 2 is 1.74 bits per heavy atom. The number of hydrogen-bond donors (Lipinski definition) is 2. The van der Waals surface area contributed by atoms with E-state index in [1.807, 2.05) is 30.5 Å². The molecule has 0 spiro atoms. The van der Waals surface area contributed by atoms with Crippen molar-refractivity contribution in [1.29, 1.82) is 0 Å². The van der Waals surface area contributed by atoms with E-state index in [2.05, 4.69) is 10.6 Å². The number of amides is 2. The topological polar surface area (TPSA) is 58.2 Å². The van der Waals surface area contributed by atoms with E-state index < -0.39 is 0 Å². The number of carbonyl (C=O) groups excluding carboxylic acids is 2. The zero-order chi connectivity index (χ0) is 16.2. The van der Waals surface area contributed by atoms with Gasteiger partial charge >= 0.3 is 0 Å². The standard InChI is InChI=1S/C18H18N2O2S/c1-23-16-9-7-14(8-10-16)19-18(22)13-3-2-4-15(11-13)20-17(21)12-5-6-12/h2-4,7-12H,5-6H2,1H3,(H,19,22)(H,20,21). The molecule has 0 aromatic heterocycles. The fraction of sp³-hybridized carbons (Fsp3) is 0.222. The molecule has 118 valence electrons. The van der Waals surface area contributed by atoms with E-state index in [0.29, 0.717) is 11.3 Å². The third-order valence-corrected chi connectivity index (χ3v) is 4.43. The Bertz CT molecular complexity index is 724. The highest BCUT2D eigenvalue weighted by Crippen LogP contribution is 2.30. The maximum Gasteiger partial charge on any atom is 0.255 e. The summed E-state index contributed by atoms with van der Waals surface area (Å²) in [6, 6.07) is 14.7. The highest BCUT2D eigenvalue weighted by atomic mass is 32.2. The van der Waals surface area contributed by atoms with E-state index in [0.717, 1.165) is 23.4 Å². The molecule has 2 aromatic carbocycles. The van der Waals surface area contributed by atoms with Crippen LogP contribution in [0.15, 0.2) is 53.4 Å². The largest absolute Gasteiger partial charge is 0.326 e. The van der Waals surface area contributed by atoms with E-state index in [1.54, 1.807) is 36.0 Å². The van der Waals surface area contributed by atoms with Crippen molar-refractivity contribution in [1.82, 2.24) is 0 Å². The molecule has 2 N–H and O–H groups in total. The number of nitrogens with one attached hydrogen (secondary N) is 2. The SMILES string of the molecule is CSc1ccc(NC(=O)c2cccc(NC(=O)C3CC3)c2)cc1. The summed E-state index contributed by atoms with van der Waals surface area (Å²) in [6.45, 7) is 0. The van der Waals surface area contributed by atoms with Crippen molar-refractivity contribution in [3.63, 3.8) is 0 Å². The normalized spacial score (nSPS) is 13.4. The lowest BCUT2D eigenvalue weighted by atomic mass is 10.1. The van der Waals surface area contributed by atoms with Crippen LogP contribution < -0.4 is 10.6 Å². The summed E-state index contributed by atoms with van der Waals surface area (Å²) in [5.74, 6) is -0.0120. The van der Waals surface area contributed by atoms with Crippen molar-refractivity contribution in [2.45, 2.75) is 17.7 Å². The van der Waals surface area contributed by atoms with Crippen molar-refractivity contribution in [3.05, 3.63) is 54.1 Å². The minimum absolute atomic E-state index is 0.0372. The second-order valence-corrected chi connectivity index (χ2v) is 6.41. The molecule has 0 radical (unpaired) electrons. The molecule has 23 heavy (non-hydrogen) atoms. The minimum Gasteiger partial charge on any atom is -0.326 e. The Balaban J connectivity index is 1.67. The third-order valence-electron chi connectivity index (χ3n) is 3.69. The Hall–Kier alpha value is -2.27. The van der Waals surface area contributed by atoms with Gasteiger partial charge in [-0.2, -0.15) is 0 Å². The predicted octanol–water partition coefficient (Wildman–Crippen LogP) is 4.01. The molecule has 2 aromatic rings. The van der Waals surface area contributed by atoms with E-state index in [1.165, 1.54) is 0 Å². The van der Waals surface area contributed by atoms with Crippen LogP contribution in [0.2, 0.25) is 0 Å². The second kappa shape index (κ2) is 6.87. The summed E-state index contributed by atoms with van der Waals surface area (Å²) in [5.41, 5.74) is 1.93. The third kappa shape index (κ3) is 4.13. The molecule has 1 saturated carbocycles. The van der Waals surface area contributed by atoms with E-state index in [4.69, 9.17) is 0 Å². The highest BCUT2D eigenvalue weighted by Gasteiger charge is 2.29. The molecule has 0 heterocycles. The van der Waals surface area contributed by atoms with Crippen LogP contribution in [0.5, 0.6) is 0 Å². The summed E-state index contributed by atoms with van der Waals surface area (Å²) in [5, 5.41) is 5.72. The van der Waals surface area contributed by atoms with Crippen LogP contribution in [0.3, 0.4) is 0 Å². The maximum atomic E-state index is 12.3. The average molecular weight is 326 g/mol. The quantitative estimate of drug-likeness (QED) is 0.816. The van der Waals surface area contributed by atoms with Crippen LogP contribution in [0.4, 0.5) is 11.4 Å². The van der Waals surface area contributed by atoms with Crippen molar-refractivity contribution in [2.24, 2.45) is 5.92 Å². The first-order chi connectivity index (χ1) is 11.2. The Kier molecular flexibility index (Phi) is 4.67. The van der Waals surface area contributed by atoms with Crippen molar-refractivity contribution < 1.29 is 9.59 Å². The van der Waals surface area contributed by atoms with Gasteiger partial charge in [0.25, 0.3) is 5.91 Å². The minimum atomic E-state index is -0.190. The molecular formula is C18H18N2O2S. The van der Waals surface area contributed by atoms with Gasteiger partial charge < -0.3 is 10.6 Å². The Morgan fingerprint density at radius 1 is 1.00 bits per heavy atom. The van der Waals surface area contributed by atoms with Gasteiger partial charge in [-0.1, -0.05) is 6.07 Å². The van der Waals surface area contributed by atoms with Gasteiger partial charge in [-0.05, 0) is 61.6 Å². The molecule has 4 nitrogen and oxygen atoms in total. The van der Waals surface area contributed by atoms with Crippen LogP contribution in [0.25, 0.3) is 0 Å². The summed E-state index contributed by atoms with van der Waals surface area (Å²) in [4.78, 5) is 25.3. The monoisotopic (exact) mass is 326 g/mol. The number of hydrogen-bond acceptors (Lipinski definition) is 3. The van der Waals surface area contributed by atoms with Crippen LogP contribution in [-0.4, -0.2) is 18.1 Å². The van der Waals surface area contributed by atoms with Crippen molar-refractivity contribution in [2.75, 3.05) is 16.9 Å². The summed E-state index contributed by atoms with van der Waals surface area (Å²) in [6.07, 6.45) is 3.92. The Morgan fingerprint density at radius 3 is 2.39 bits per heavy atom. The number of rotatable bonds is 5. The van der Waals surface area contributed by atoms with Gasteiger partial charge in [0.15, 0.2) is 0 Å². The van der Waals surface area contributed by atoms with Crippen LogP contribution >= 0.6 is 11.8 Å². The van der Waals surface area contributed by atoms with E-state index in [-0.39, 0.29) is 17.7 Å². The van der Waals surface area contributed by atoms with Crippen LogP contribution in [-0.2, 0) is 4.79 Å². The van der Waals surface area contributed by atoms with Crippen LogP contribution in [0.1, 0.15) is 23.2 Å². The lowest BCUT2D eigenvalue weighted by Gasteiger charge is -2.08. The fourth-order valence-corrected chi connectivity index (χ4v) is 2.61. The lowest BCUT2D eigenvalue weighted by molar-refractivity contribution is -0.117. The van der Waals surface area contributed by atoms with Gasteiger partial charge in [0.1, 0.15) is 0 Å². The highest BCUT2D eigenvalue weighted by molar-refractivity contribution is 7.98. The summed E-state index contributed by atoms with van der Waals surface area (Å²) < 4.78 is 0. The molecule has 0 aliphatic heterocycles. The molecule has 1 fully saturated rings. The molecule has 2 amide bonds. The Labute approximate surface area is 139 Å². The number of anilines is 2. The first kappa shape index (κ1) is 15.6. The maximum absolute atomic E-state index is 12.3. The van der Waals surface area contributed by atoms with Crippen molar-refractivity contribution in [3.8, 4) is 0 Å². The molecule has 0 saturated heterocycles. The summed E-state index contributed by atoms with van der Waals surface area (Å²) >= 11 is 1.65. The number of benzene rings is 2. The smallest absolute Gasteiger partial charge is 0.255 e. The first-order valence-electron chi connectivity index (χ1n) is 7.52. The van der Waals surface area contributed by atoms with Crippen LogP contribution in [0, 0.1) is 5.92 Å². The van der Waals surface area contributed by atoms with Gasteiger partial charge in [-0.25, -0.2) is 0 Å². The molecular weight excluding hydrogens is 308 g/mol. The molecule has 5 heteroatoms. The summed E-state index contributed by atoms with van der Waals surface area (Å²) in [7, 11) is 0. The predicted molar refractivity (Wildman–Crippen MR) is 94.0 cm³/mol. The molecule has 0 unspecified atom stereocenters. The lowest BCUT2D eigenvalue weighted by Crippen LogP contribution is -2.15. The van der Waals surface area contributed by atoms with Gasteiger partial charge in [-0.15, -0.1) is 11.8 Å². The van der Waals surface area contributed by atoms with Gasteiger partial charge in [0.2, 0.25) is 5.91 Å².